The number of anilines is 1. The van der Waals surface area contributed by atoms with Crippen LogP contribution < -0.4 is 10.6 Å². The highest BCUT2D eigenvalue weighted by Crippen LogP contribution is 2.19. The first-order valence-corrected chi connectivity index (χ1v) is 7.91. The molecule has 1 aromatic heterocycles. The molecule has 1 aliphatic rings. The molecule has 7 nitrogen and oxygen atoms in total. The van der Waals surface area contributed by atoms with Gasteiger partial charge < -0.3 is 15.4 Å². The molecular weight excluding hydrogens is 328 g/mol. The lowest BCUT2D eigenvalue weighted by Gasteiger charge is -2.21. The quantitative estimate of drug-likeness (QED) is 0.755. The Morgan fingerprint density at radius 3 is 2.95 bits per heavy atom. The molecule has 1 unspecified atom stereocenters. The Morgan fingerprint density at radius 1 is 1.45 bits per heavy atom. The molecule has 2 N–H and O–H groups in total. The molecule has 1 atom stereocenters. The number of carbonyl (C=O) groups excluding carboxylic acids is 2. The molecule has 9 heteroatoms. The third-order valence-electron chi connectivity index (χ3n) is 3.36. The molecule has 1 aromatic rings. The standard InChI is InChI=1S/C13H20N4O3S.ClH/c1-20-11(18)6-2-5-10-16-17-13(21-10)15-12(19)9-4-3-7-14-8-9;/h9,14H,2-8H2,1H3,(H,15,17,19);1H. The molecule has 1 amide bonds. The largest absolute Gasteiger partial charge is 0.469 e. The number of carbonyl (C=O) groups is 2. The Morgan fingerprint density at radius 2 is 2.27 bits per heavy atom. The molecule has 0 radical (unpaired) electrons. The SMILES string of the molecule is COC(=O)CCCc1nnc(NC(=O)C2CCCNC2)s1.Cl. The fourth-order valence-corrected chi connectivity index (χ4v) is 2.96. The van der Waals surface area contributed by atoms with E-state index >= 15 is 0 Å². The topological polar surface area (TPSA) is 93.2 Å². The van der Waals surface area contributed by atoms with Crippen molar-refractivity contribution in [1.82, 2.24) is 15.5 Å². The first kappa shape index (κ1) is 18.8. The first-order chi connectivity index (χ1) is 10.2. The van der Waals surface area contributed by atoms with E-state index in [-0.39, 0.29) is 30.2 Å². The van der Waals surface area contributed by atoms with Crippen LogP contribution in [0.25, 0.3) is 0 Å². The van der Waals surface area contributed by atoms with Crippen LogP contribution in [0.15, 0.2) is 0 Å². The van der Waals surface area contributed by atoms with Crippen molar-refractivity contribution in [1.29, 1.82) is 0 Å². The van der Waals surface area contributed by atoms with Crippen molar-refractivity contribution in [2.75, 3.05) is 25.5 Å². The van der Waals surface area contributed by atoms with Crippen molar-refractivity contribution in [3.63, 3.8) is 0 Å². The minimum atomic E-state index is -0.224. The number of aromatic nitrogens is 2. The highest BCUT2D eigenvalue weighted by molar-refractivity contribution is 7.15. The molecular formula is C13H21ClN4O3S. The summed E-state index contributed by atoms with van der Waals surface area (Å²) in [6, 6.07) is 0. The summed E-state index contributed by atoms with van der Waals surface area (Å²) in [6.07, 6.45) is 3.62. The second-order valence-electron chi connectivity index (χ2n) is 4.96. The second-order valence-corrected chi connectivity index (χ2v) is 6.03. The first-order valence-electron chi connectivity index (χ1n) is 7.10. The van der Waals surface area contributed by atoms with E-state index in [9.17, 15) is 9.59 Å². The van der Waals surface area contributed by atoms with Crippen LogP contribution in [0.3, 0.4) is 0 Å². The predicted octanol–water partition coefficient (Wildman–Crippen LogP) is 1.39. The maximum absolute atomic E-state index is 12.0. The summed E-state index contributed by atoms with van der Waals surface area (Å²) in [5.74, 6) is -0.220. The van der Waals surface area contributed by atoms with Gasteiger partial charge in [0, 0.05) is 19.4 Å². The number of nitrogens with one attached hydrogen (secondary N) is 2. The number of rotatable bonds is 6. The van der Waals surface area contributed by atoms with E-state index in [1.54, 1.807) is 0 Å². The highest BCUT2D eigenvalue weighted by atomic mass is 35.5. The van der Waals surface area contributed by atoms with Crippen molar-refractivity contribution in [2.24, 2.45) is 5.92 Å². The van der Waals surface area contributed by atoms with Gasteiger partial charge >= 0.3 is 5.97 Å². The zero-order valence-electron chi connectivity index (χ0n) is 12.5. The maximum atomic E-state index is 12.0. The fourth-order valence-electron chi connectivity index (χ4n) is 2.17. The number of amides is 1. The summed E-state index contributed by atoms with van der Waals surface area (Å²) in [7, 11) is 1.38. The van der Waals surface area contributed by atoms with Crippen molar-refractivity contribution < 1.29 is 14.3 Å². The molecule has 0 aromatic carbocycles. The van der Waals surface area contributed by atoms with Crippen LogP contribution in [0.4, 0.5) is 5.13 Å². The van der Waals surface area contributed by atoms with E-state index in [0.717, 1.165) is 30.9 Å². The molecule has 2 heterocycles. The molecule has 0 aliphatic carbocycles. The summed E-state index contributed by atoms with van der Waals surface area (Å²) in [4.78, 5) is 23.1. The molecule has 0 saturated carbocycles. The Labute approximate surface area is 139 Å². The summed E-state index contributed by atoms with van der Waals surface area (Å²) in [6.45, 7) is 1.70. The number of methoxy groups -OCH3 is 1. The van der Waals surface area contributed by atoms with Crippen molar-refractivity contribution >= 4 is 40.8 Å². The molecule has 1 aliphatic heterocycles. The molecule has 124 valence electrons. The van der Waals surface area contributed by atoms with Gasteiger partial charge in [-0.15, -0.1) is 22.6 Å². The highest BCUT2D eigenvalue weighted by Gasteiger charge is 2.21. The van der Waals surface area contributed by atoms with Gasteiger partial charge in [-0.1, -0.05) is 11.3 Å². The van der Waals surface area contributed by atoms with Gasteiger partial charge in [-0.2, -0.15) is 0 Å². The number of hydrogen-bond acceptors (Lipinski definition) is 7. The molecule has 0 spiro atoms. The Kier molecular flexibility index (Phi) is 8.29. The van der Waals surface area contributed by atoms with Crippen LogP contribution in [0.2, 0.25) is 0 Å². The lowest BCUT2D eigenvalue weighted by atomic mass is 9.99. The van der Waals surface area contributed by atoms with E-state index in [1.165, 1.54) is 18.4 Å². The summed E-state index contributed by atoms with van der Waals surface area (Å²) >= 11 is 1.36. The monoisotopic (exact) mass is 348 g/mol. The number of ether oxygens (including phenoxy) is 1. The van der Waals surface area contributed by atoms with Gasteiger partial charge in [-0.3, -0.25) is 9.59 Å². The number of halogens is 1. The zero-order valence-corrected chi connectivity index (χ0v) is 14.1. The van der Waals surface area contributed by atoms with Gasteiger partial charge in [0.2, 0.25) is 11.0 Å². The average Bonchev–Trinajstić information content (AvgIpc) is 2.95. The number of aryl methyl sites for hydroxylation is 1. The van der Waals surface area contributed by atoms with Gasteiger partial charge in [0.05, 0.1) is 13.0 Å². The van der Waals surface area contributed by atoms with Gasteiger partial charge in [-0.05, 0) is 25.8 Å². The minimum absolute atomic E-state index is 0. The third-order valence-corrected chi connectivity index (χ3v) is 4.26. The molecule has 2 rings (SSSR count). The second kappa shape index (κ2) is 9.70. The van der Waals surface area contributed by atoms with Crippen molar-refractivity contribution in [3.05, 3.63) is 5.01 Å². The van der Waals surface area contributed by atoms with Gasteiger partial charge in [0.25, 0.3) is 0 Å². The van der Waals surface area contributed by atoms with Crippen molar-refractivity contribution in [2.45, 2.75) is 32.1 Å². The smallest absolute Gasteiger partial charge is 0.305 e. The zero-order chi connectivity index (χ0) is 15.1. The minimum Gasteiger partial charge on any atom is -0.469 e. The molecule has 22 heavy (non-hydrogen) atoms. The van der Waals surface area contributed by atoms with Crippen LogP contribution in [0.5, 0.6) is 0 Å². The van der Waals surface area contributed by atoms with Gasteiger partial charge in [0.15, 0.2) is 0 Å². The maximum Gasteiger partial charge on any atom is 0.305 e. The van der Waals surface area contributed by atoms with Gasteiger partial charge in [-0.25, -0.2) is 0 Å². The van der Waals surface area contributed by atoms with Crippen LogP contribution in [0, 0.1) is 5.92 Å². The number of hydrogen-bond donors (Lipinski definition) is 2. The fraction of sp³-hybridized carbons (Fsp3) is 0.692. The number of esters is 1. The lowest BCUT2D eigenvalue weighted by Crippen LogP contribution is -2.37. The van der Waals surface area contributed by atoms with E-state index in [1.807, 2.05) is 0 Å². The van der Waals surface area contributed by atoms with Crippen molar-refractivity contribution in [3.8, 4) is 0 Å². The average molecular weight is 349 g/mol. The summed E-state index contributed by atoms with van der Waals surface area (Å²) < 4.78 is 4.58. The third kappa shape index (κ3) is 5.86. The molecule has 1 saturated heterocycles. The van der Waals surface area contributed by atoms with Crippen LogP contribution in [-0.4, -0.2) is 42.3 Å². The number of nitrogens with zero attached hydrogens (tertiary/aromatic N) is 2. The lowest BCUT2D eigenvalue weighted by molar-refractivity contribution is -0.140. The van der Waals surface area contributed by atoms with Gasteiger partial charge in [0.1, 0.15) is 5.01 Å². The van der Waals surface area contributed by atoms with Crippen LogP contribution in [0.1, 0.15) is 30.7 Å². The van der Waals surface area contributed by atoms with Crippen LogP contribution in [-0.2, 0) is 20.7 Å². The predicted molar refractivity (Wildman–Crippen MR) is 86.3 cm³/mol. The summed E-state index contributed by atoms with van der Waals surface area (Å²) in [5, 5.41) is 15.4. The van der Waals surface area contributed by atoms with E-state index in [0.29, 0.717) is 24.4 Å². The van der Waals surface area contributed by atoms with E-state index in [4.69, 9.17) is 0 Å². The Hall–Kier alpha value is -1.25. The number of piperidine rings is 1. The molecule has 1 fully saturated rings. The van der Waals surface area contributed by atoms with E-state index < -0.39 is 0 Å². The van der Waals surface area contributed by atoms with E-state index in [2.05, 4.69) is 25.6 Å². The normalized spacial score (nSPS) is 17.4. The molecule has 0 bridgehead atoms. The Balaban J connectivity index is 0.00000242. The van der Waals surface area contributed by atoms with Crippen LogP contribution >= 0.6 is 23.7 Å². The summed E-state index contributed by atoms with van der Waals surface area (Å²) in [5.41, 5.74) is 0. The Bertz CT molecular complexity index is 491.